The number of ether oxygens (including phenoxy) is 1. The molecule has 0 aliphatic carbocycles. The molecule has 0 heterocycles. The third kappa shape index (κ3) is 6.00. The van der Waals surface area contributed by atoms with E-state index in [2.05, 4.69) is 8.92 Å². The lowest BCUT2D eigenvalue weighted by Crippen LogP contribution is -2.61. The van der Waals surface area contributed by atoms with Crippen LogP contribution < -0.4 is 4.74 Å². The van der Waals surface area contributed by atoms with E-state index in [1.807, 2.05) is 13.8 Å². The maximum Gasteiger partial charge on any atom is 0.480 e. The van der Waals surface area contributed by atoms with E-state index in [-0.39, 0.29) is 11.7 Å². The molecular formula is C15H15F9NO8S3-. The molecule has 0 bridgehead atoms. The van der Waals surface area contributed by atoms with Crippen LogP contribution in [-0.2, 0) is 34.3 Å². The summed E-state index contributed by atoms with van der Waals surface area (Å²) in [7, 11) is -22.6. The van der Waals surface area contributed by atoms with E-state index >= 15 is 0 Å². The van der Waals surface area contributed by atoms with Crippen molar-refractivity contribution in [2.75, 3.05) is 6.79 Å². The lowest BCUT2D eigenvalue weighted by Gasteiger charge is -2.35. The van der Waals surface area contributed by atoms with Gasteiger partial charge >= 0.3 is 32.1 Å². The zero-order valence-corrected chi connectivity index (χ0v) is 20.1. The Bertz CT molecular complexity index is 1250. The Labute approximate surface area is 198 Å². The third-order valence-electron chi connectivity index (χ3n) is 4.35. The lowest BCUT2D eigenvalue weighted by molar-refractivity contribution is -0.246. The van der Waals surface area contributed by atoms with Crippen molar-refractivity contribution in [2.45, 2.75) is 48.1 Å². The second-order valence-corrected chi connectivity index (χ2v) is 11.9. The Balaban J connectivity index is 3.16. The Kier molecular flexibility index (Phi) is 9.07. The molecule has 21 heteroatoms. The van der Waals surface area contributed by atoms with Gasteiger partial charge in [0.1, 0.15) is 5.75 Å². The van der Waals surface area contributed by atoms with Crippen molar-refractivity contribution in [3.8, 4) is 5.75 Å². The molecule has 36 heavy (non-hydrogen) atoms. The summed E-state index contributed by atoms with van der Waals surface area (Å²) in [6.45, 7) is 1.86. The van der Waals surface area contributed by atoms with E-state index in [4.69, 9.17) is 0 Å². The van der Waals surface area contributed by atoms with E-state index in [9.17, 15) is 64.8 Å². The summed E-state index contributed by atoms with van der Waals surface area (Å²) in [4.78, 5) is 0. The molecular weight excluding hydrogens is 589 g/mol. The van der Waals surface area contributed by atoms with E-state index < -0.39 is 58.9 Å². The molecule has 0 spiro atoms. The van der Waals surface area contributed by atoms with Gasteiger partial charge in [-0.3, -0.25) is 0 Å². The van der Waals surface area contributed by atoms with Crippen LogP contribution >= 0.6 is 0 Å². The van der Waals surface area contributed by atoms with Gasteiger partial charge in [-0.1, -0.05) is 26.0 Å². The van der Waals surface area contributed by atoms with Crippen LogP contribution in [0.5, 0.6) is 5.75 Å². The zero-order valence-electron chi connectivity index (χ0n) is 17.6. The quantitative estimate of drug-likeness (QED) is 0.196. The standard InChI is InChI=1S/C15H15F9NO8S3/c1-3-9(2)10-4-6-11(7-5-10)32-8-33-36(30,31)14(20,21)12(16,17)13(18,19)34(26,27)25-35(28,29)15(22,23)24/h4-7,9H,3,8H2,1-2H3/q-1. The minimum absolute atomic E-state index is 0.0624. The predicted octanol–water partition coefficient (Wildman–Crippen LogP) is 4.26. The van der Waals surface area contributed by atoms with Crippen LogP contribution in [0.4, 0.5) is 39.5 Å². The summed E-state index contributed by atoms with van der Waals surface area (Å²) >= 11 is 0. The summed E-state index contributed by atoms with van der Waals surface area (Å²) in [6.07, 6.45) is 0.709. The fourth-order valence-corrected chi connectivity index (χ4v) is 5.09. The van der Waals surface area contributed by atoms with Crippen LogP contribution in [0.15, 0.2) is 24.3 Å². The molecule has 0 fully saturated rings. The zero-order chi connectivity index (χ0) is 28.6. The van der Waals surface area contributed by atoms with E-state index in [0.717, 1.165) is 5.56 Å². The van der Waals surface area contributed by atoms with Crippen molar-refractivity contribution < 1.29 is 73.7 Å². The van der Waals surface area contributed by atoms with Gasteiger partial charge in [0.05, 0.1) is 0 Å². The van der Waals surface area contributed by atoms with Gasteiger partial charge < -0.3 is 8.86 Å². The molecule has 1 atom stereocenters. The summed E-state index contributed by atoms with van der Waals surface area (Å²) in [5.41, 5.74) is -5.96. The van der Waals surface area contributed by atoms with Crippen molar-refractivity contribution >= 4 is 30.2 Å². The molecule has 0 saturated heterocycles. The van der Waals surface area contributed by atoms with Gasteiger partial charge in [0.25, 0.3) is 0 Å². The molecule has 0 aliphatic heterocycles. The highest BCUT2D eigenvalue weighted by atomic mass is 32.3. The molecule has 0 saturated carbocycles. The Hall–Kier alpha value is -1.84. The third-order valence-corrected chi connectivity index (χ3v) is 8.70. The molecule has 1 unspecified atom stereocenters. The lowest BCUT2D eigenvalue weighted by atomic mass is 9.99. The van der Waals surface area contributed by atoms with Crippen LogP contribution in [0.1, 0.15) is 31.7 Å². The van der Waals surface area contributed by atoms with Crippen molar-refractivity contribution in [3.05, 3.63) is 34.0 Å². The van der Waals surface area contributed by atoms with Crippen molar-refractivity contribution in [1.82, 2.24) is 0 Å². The van der Waals surface area contributed by atoms with Crippen molar-refractivity contribution in [3.63, 3.8) is 0 Å². The maximum atomic E-state index is 13.9. The van der Waals surface area contributed by atoms with Gasteiger partial charge in [-0.2, -0.15) is 47.9 Å². The van der Waals surface area contributed by atoms with Crippen molar-refractivity contribution in [2.24, 2.45) is 0 Å². The summed E-state index contributed by atoms with van der Waals surface area (Å²) in [5, 5.41) is -14.7. The monoisotopic (exact) mass is 604 g/mol. The smallest absolute Gasteiger partial charge is 0.466 e. The van der Waals surface area contributed by atoms with Gasteiger partial charge in [0, 0.05) is 0 Å². The first-order chi connectivity index (χ1) is 15.9. The van der Waals surface area contributed by atoms with Crippen LogP contribution in [0.2, 0.25) is 0 Å². The highest BCUT2D eigenvalue weighted by Crippen LogP contribution is 2.53. The van der Waals surface area contributed by atoms with Gasteiger partial charge in [-0.25, -0.2) is 21.0 Å². The van der Waals surface area contributed by atoms with E-state index in [0.29, 0.717) is 10.5 Å². The second kappa shape index (κ2) is 10.1. The number of rotatable bonds is 12. The maximum absolute atomic E-state index is 13.9. The van der Waals surface area contributed by atoms with Crippen LogP contribution in [-0.4, -0.2) is 54.0 Å². The molecule has 1 aromatic rings. The number of hydrogen-bond donors (Lipinski definition) is 0. The summed E-state index contributed by atoms with van der Waals surface area (Å²) in [6, 6.07) is 5.25. The van der Waals surface area contributed by atoms with Crippen LogP contribution in [0.3, 0.4) is 0 Å². The summed E-state index contributed by atoms with van der Waals surface area (Å²) in [5.74, 6) is -7.80. The molecule has 0 amide bonds. The van der Waals surface area contributed by atoms with Crippen LogP contribution in [0.25, 0.3) is 4.13 Å². The highest BCUT2D eigenvalue weighted by molar-refractivity contribution is 8.13. The van der Waals surface area contributed by atoms with Crippen LogP contribution in [0, 0.1) is 0 Å². The number of halogens is 9. The average Bonchev–Trinajstić information content (AvgIpc) is 2.71. The summed E-state index contributed by atoms with van der Waals surface area (Å²) < 4.78 is 195. The van der Waals surface area contributed by atoms with Gasteiger partial charge in [-0.05, 0) is 30.0 Å². The Morgan fingerprint density at radius 2 is 1.28 bits per heavy atom. The first-order valence-corrected chi connectivity index (χ1v) is 13.2. The molecule has 9 nitrogen and oxygen atoms in total. The Morgan fingerprint density at radius 3 is 1.69 bits per heavy atom. The molecule has 0 radical (unpaired) electrons. The average molecular weight is 604 g/mol. The number of nitrogens with zero attached hydrogens (tertiary/aromatic N) is 1. The minimum Gasteiger partial charge on any atom is -0.466 e. The molecule has 0 aliphatic rings. The number of benzene rings is 1. The molecule has 210 valence electrons. The predicted molar refractivity (Wildman–Crippen MR) is 103 cm³/mol. The van der Waals surface area contributed by atoms with E-state index in [1.54, 1.807) is 0 Å². The fourth-order valence-electron chi connectivity index (χ4n) is 2.06. The second-order valence-electron chi connectivity index (χ2n) is 6.79. The molecule has 0 aromatic heterocycles. The van der Waals surface area contributed by atoms with Gasteiger partial charge in [0.2, 0.25) is 6.79 Å². The van der Waals surface area contributed by atoms with E-state index in [1.165, 1.54) is 24.3 Å². The number of alkyl halides is 9. The first-order valence-electron chi connectivity index (χ1n) is 8.93. The highest BCUT2D eigenvalue weighted by Gasteiger charge is 2.81. The van der Waals surface area contributed by atoms with Crippen molar-refractivity contribution in [1.29, 1.82) is 0 Å². The topological polar surface area (TPSA) is 135 Å². The first kappa shape index (κ1) is 32.2. The Morgan fingerprint density at radius 1 is 0.806 bits per heavy atom. The van der Waals surface area contributed by atoms with Gasteiger partial charge in [0.15, 0.2) is 20.0 Å². The molecule has 1 aromatic carbocycles. The minimum atomic E-state index is -7.98. The molecule has 1 rings (SSSR count). The molecule has 0 N–H and O–H groups in total. The fraction of sp³-hybridized carbons (Fsp3) is 0.600. The number of hydrogen-bond acceptors (Lipinski definition) is 8. The largest absolute Gasteiger partial charge is 0.480 e. The normalized spacial score (nSPS) is 15.5. The number of sulfonamides is 2. The van der Waals surface area contributed by atoms with Gasteiger partial charge in [-0.15, -0.1) is 0 Å². The SMILES string of the molecule is CCC(C)c1ccc(OCOS(=O)(=O)C(F)(F)C(F)(F)C(F)(F)S(=O)(=O)[N-]S(=O)(=O)C(F)(F)F)cc1.